The van der Waals surface area contributed by atoms with Crippen molar-refractivity contribution in [2.75, 3.05) is 20.2 Å². The number of likely N-dealkylation sites (N-methyl/N-ethyl adjacent to an activating group) is 1. The molecule has 1 heterocycles. The van der Waals surface area contributed by atoms with Crippen LogP contribution in [0.2, 0.25) is 0 Å². The van der Waals surface area contributed by atoms with E-state index in [1.54, 1.807) is 36.2 Å². The van der Waals surface area contributed by atoms with Gasteiger partial charge in [0.25, 0.3) is 5.91 Å². The fourth-order valence-electron chi connectivity index (χ4n) is 5.39. The molecule has 224 valence electrons. The van der Waals surface area contributed by atoms with Crippen molar-refractivity contribution in [1.29, 1.82) is 0 Å². The normalized spacial score (nSPS) is 20.5. The number of rotatable bonds is 6. The number of ether oxygens (including phenoxy) is 1. The van der Waals surface area contributed by atoms with E-state index in [9.17, 15) is 19.2 Å². The number of benzene rings is 3. The summed E-state index contributed by atoms with van der Waals surface area (Å²) in [6, 6.07) is 25.1. The Labute approximate surface area is 252 Å². The minimum atomic E-state index is -0.963. The number of amides is 4. The molecule has 0 aromatic heterocycles. The van der Waals surface area contributed by atoms with Gasteiger partial charge in [-0.05, 0) is 55.4 Å². The third-order valence-corrected chi connectivity index (χ3v) is 8.12. The number of nitrogens with zero attached hydrogens (tertiary/aromatic N) is 1. The zero-order valence-corrected chi connectivity index (χ0v) is 24.4. The second-order valence-corrected chi connectivity index (χ2v) is 11.3. The molecule has 2 atom stereocenters. The number of hydrogen-bond donors (Lipinski definition) is 3. The highest BCUT2D eigenvalue weighted by Gasteiger charge is 2.53. The van der Waals surface area contributed by atoms with E-state index >= 15 is 0 Å². The lowest BCUT2D eigenvalue weighted by molar-refractivity contribution is -0.139. The van der Waals surface area contributed by atoms with Gasteiger partial charge in [0.2, 0.25) is 17.7 Å². The Kier molecular flexibility index (Phi) is 9.39. The van der Waals surface area contributed by atoms with E-state index in [0.717, 1.165) is 11.1 Å². The number of fused-ring (bicyclic) bond motifs is 1. The van der Waals surface area contributed by atoms with Crippen molar-refractivity contribution in [3.8, 4) is 5.75 Å². The third-order valence-electron chi connectivity index (χ3n) is 8.12. The largest absolute Gasteiger partial charge is 0.491 e. The molecule has 3 N–H and O–H groups in total. The Hall–Kier alpha value is -4.66. The average molecular weight is 583 g/mol. The zero-order valence-electron chi connectivity index (χ0n) is 24.4. The maximum Gasteiger partial charge on any atom is 0.255 e. The first kappa shape index (κ1) is 29.8. The van der Waals surface area contributed by atoms with Crippen LogP contribution in [0.1, 0.15) is 47.2 Å². The molecule has 43 heavy (non-hydrogen) atoms. The minimum Gasteiger partial charge on any atom is -0.491 e. The van der Waals surface area contributed by atoms with Crippen molar-refractivity contribution in [3.05, 3.63) is 102 Å². The maximum absolute atomic E-state index is 13.7. The van der Waals surface area contributed by atoms with Crippen LogP contribution in [0.3, 0.4) is 0 Å². The van der Waals surface area contributed by atoms with Crippen LogP contribution in [0.5, 0.6) is 5.75 Å². The van der Waals surface area contributed by atoms with Gasteiger partial charge >= 0.3 is 0 Å². The summed E-state index contributed by atoms with van der Waals surface area (Å²) in [6.07, 6.45) is 2.31. The molecule has 3 aromatic carbocycles. The molecule has 1 aliphatic carbocycles. The highest BCUT2D eigenvalue weighted by molar-refractivity contribution is 6.00. The van der Waals surface area contributed by atoms with E-state index in [-0.39, 0.29) is 48.8 Å². The van der Waals surface area contributed by atoms with Crippen molar-refractivity contribution in [3.63, 3.8) is 0 Å². The lowest BCUT2D eigenvalue weighted by atomic mass is 10.0. The predicted molar refractivity (Wildman–Crippen MR) is 162 cm³/mol. The van der Waals surface area contributed by atoms with Gasteiger partial charge in [-0.3, -0.25) is 19.2 Å². The van der Waals surface area contributed by atoms with Crippen LogP contribution in [0.15, 0.2) is 84.9 Å². The van der Waals surface area contributed by atoms with Crippen molar-refractivity contribution >= 4 is 23.6 Å². The van der Waals surface area contributed by atoms with Crippen LogP contribution >= 0.6 is 0 Å². The van der Waals surface area contributed by atoms with Crippen molar-refractivity contribution in [1.82, 2.24) is 20.9 Å². The first-order valence-corrected chi connectivity index (χ1v) is 14.8. The van der Waals surface area contributed by atoms with Crippen LogP contribution in [-0.2, 0) is 27.2 Å². The summed E-state index contributed by atoms with van der Waals surface area (Å²) in [4.78, 5) is 55.2. The highest BCUT2D eigenvalue weighted by atomic mass is 16.5. The Bertz CT molecular complexity index is 1440. The lowest BCUT2D eigenvalue weighted by Gasteiger charge is -2.32. The minimum absolute atomic E-state index is 0.0264. The fourth-order valence-corrected chi connectivity index (χ4v) is 5.39. The molecule has 9 nitrogen and oxygen atoms in total. The SMILES string of the molecule is CN1C(=O)C2(CC2)NC(=O)CC[C@@H](C(=O)NCCc2ccccc2)NC(=O)c2ccccc2OC[C@@H]1Cc1ccccc1. The van der Waals surface area contributed by atoms with Crippen LogP contribution in [0, 0.1) is 0 Å². The third kappa shape index (κ3) is 7.60. The van der Waals surface area contributed by atoms with Crippen LogP contribution < -0.4 is 20.7 Å². The van der Waals surface area contributed by atoms with Crippen LogP contribution in [-0.4, -0.2) is 66.4 Å². The summed E-state index contributed by atoms with van der Waals surface area (Å²) in [5.74, 6) is -0.997. The zero-order chi connectivity index (χ0) is 30.2. The monoisotopic (exact) mass is 582 g/mol. The standard InChI is InChI=1S/C34H38N4O5/c1-38-26(22-25-12-6-3-7-13-25)23-43-29-15-9-8-14-27(29)31(40)36-28(16-17-30(39)37-34(19-20-34)33(38)42)32(41)35-21-18-24-10-4-2-5-11-24/h2-15,26,28H,16-23H2,1H3,(H,35,41)(H,36,40)(H,37,39)/t26-,28-/m0/s1. The molecule has 1 spiro atoms. The summed E-state index contributed by atoms with van der Waals surface area (Å²) < 4.78 is 6.21. The molecular weight excluding hydrogens is 544 g/mol. The van der Waals surface area contributed by atoms with E-state index in [1.165, 1.54) is 0 Å². The second kappa shape index (κ2) is 13.5. The van der Waals surface area contributed by atoms with E-state index in [1.807, 2.05) is 60.7 Å². The molecule has 0 unspecified atom stereocenters. The molecule has 1 fully saturated rings. The number of carbonyl (C=O) groups is 4. The van der Waals surface area contributed by atoms with Crippen molar-refractivity contribution in [2.45, 2.75) is 56.1 Å². The van der Waals surface area contributed by atoms with Gasteiger partial charge in [-0.1, -0.05) is 72.8 Å². The number of nitrogens with one attached hydrogen (secondary N) is 3. The molecule has 3 aromatic rings. The first-order valence-electron chi connectivity index (χ1n) is 14.8. The van der Waals surface area contributed by atoms with E-state index in [4.69, 9.17) is 4.74 Å². The van der Waals surface area contributed by atoms with Gasteiger partial charge in [0, 0.05) is 20.0 Å². The topological polar surface area (TPSA) is 117 Å². The highest BCUT2D eigenvalue weighted by Crippen LogP contribution is 2.38. The van der Waals surface area contributed by atoms with Gasteiger partial charge in [-0.15, -0.1) is 0 Å². The molecule has 4 amide bonds. The van der Waals surface area contributed by atoms with E-state index < -0.39 is 17.5 Å². The van der Waals surface area contributed by atoms with Gasteiger partial charge in [0.05, 0.1) is 11.6 Å². The molecule has 0 radical (unpaired) electrons. The van der Waals surface area contributed by atoms with Gasteiger partial charge < -0.3 is 25.6 Å². The van der Waals surface area contributed by atoms with Gasteiger partial charge in [0.1, 0.15) is 23.9 Å². The van der Waals surface area contributed by atoms with Crippen LogP contribution in [0.25, 0.3) is 0 Å². The maximum atomic E-state index is 13.7. The van der Waals surface area contributed by atoms with Crippen molar-refractivity contribution in [2.24, 2.45) is 0 Å². The van der Waals surface area contributed by atoms with E-state index in [0.29, 0.717) is 38.0 Å². The lowest BCUT2D eigenvalue weighted by Crippen LogP contribution is -2.54. The number of para-hydroxylation sites is 1. The molecule has 0 bridgehead atoms. The molecular formula is C34H38N4O5. The summed E-state index contributed by atoms with van der Waals surface area (Å²) in [5, 5.41) is 8.66. The van der Waals surface area contributed by atoms with Gasteiger partial charge in [0.15, 0.2) is 0 Å². The molecule has 1 saturated carbocycles. The van der Waals surface area contributed by atoms with Crippen molar-refractivity contribution < 1.29 is 23.9 Å². The number of carbonyl (C=O) groups excluding carboxylic acids is 4. The quantitative estimate of drug-likeness (QED) is 0.413. The summed E-state index contributed by atoms with van der Waals surface area (Å²) >= 11 is 0. The molecule has 9 heteroatoms. The Balaban J connectivity index is 1.38. The summed E-state index contributed by atoms with van der Waals surface area (Å²) in [6.45, 7) is 0.517. The molecule has 1 aliphatic heterocycles. The smallest absolute Gasteiger partial charge is 0.255 e. The average Bonchev–Trinajstić information content (AvgIpc) is 3.81. The molecule has 0 saturated heterocycles. The predicted octanol–water partition coefficient (Wildman–Crippen LogP) is 3.04. The van der Waals surface area contributed by atoms with Crippen LogP contribution in [0.4, 0.5) is 0 Å². The molecule has 5 rings (SSSR count). The number of hydrogen-bond acceptors (Lipinski definition) is 5. The summed E-state index contributed by atoms with van der Waals surface area (Å²) in [5.41, 5.74) is 1.43. The first-order chi connectivity index (χ1) is 20.8. The second-order valence-electron chi connectivity index (χ2n) is 11.3. The van der Waals surface area contributed by atoms with E-state index in [2.05, 4.69) is 16.0 Å². The van der Waals surface area contributed by atoms with Gasteiger partial charge in [-0.2, -0.15) is 0 Å². The molecule has 2 aliphatic rings. The Morgan fingerprint density at radius 1 is 0.930 bits per heavy atom. The Morgan fingerprint density at radius 3 is 2.28 bits per heavy atom. The Morgan fingerprint density at radius 2 is 1.58 bits per heavy atom. The fraction of sp³-hybridized carbons (Fsp3) is 0.353. The van der Waals surface area contributed by atoms with Gasteiger partial charge in [-0.25, -0.2) is 0 Å². The summed E-state index contributed by atoms with van der Waals surface area (Å²) in [7, 11) is 1.73.